The molecule has 6 nitrogen and oxygen atoms in total. The number of hydrogen-bond acceptors (Lipinski definition) is 3. The van der Waals surface area contributed by atoms with Crippen LogP contribution in [0.1, 0.15) is 25.1 Å². The number of fused-ring (bicyclic) bond motifs is 1. The zero-order valence-corrected chi connectivity index (χ0v) is 19.3. The molecule has 3 heterocycles. The molecule has 0 atom stereocenters. The third kappa shape index (κ3) is 5.81. The van der Waals surface area contributed by atoms with Crippen molar-refractivity contribution in [2.75, 3.05) is 46.3 Å². The van der Waals surface area contributed by atoms with Crippen molar-refractivity contribution in [3.8, 4) is 0 Å². The molecule has 0 saturated carbocycles. The third-order valence-electron chi connectivity index (χ3n) is 4.90. The Kier molecular flexibility index (Phi) is 8.34. The van der Waals surface area contributed by atoms with Crippen molar-refractivity contribution in [3.63, 3.8) is 0 Å². The van der Waals surface area contributed by atoms with E-state index < -0.39 is 0 Å². The number of hydrogen-bond donors (Lipinski definition) is 1. The van der Waals surface area contributed by atoms with Gasteiger partial charge in [-0.1, -0.05) is 19.9 Å². The van der Waals surface area contributed by atoms with E-state index in [2.05, 4.69) is 69.8 Å². The van der Waals surface area contributed by atoms with Gasteiger partial charge in [0.15, 0.2) is 5.96 Å². The fraction of sp³-hybridized carbons (Fsp3) is 0.600. The fourth-order valence-corrected chi connectivity index (χ4v) is 3.62. The molecule has 1 saturated heterocycles. The topological polar surface area (TPSA) is 48.2 Å². The number of aliphatic imine (C=N–C) groups is 1. The summed E-state index contributed by atoms with van der Waals surface area (Å²) in [5, 5.41) is 3.51. The Balaban J connectivity index is 0.00000261. The Morgan fingerprint density at radius 2 is 2.00 bits per heavy atom. The maximum Gasteiger partial charge on any atom is 0.193 e. The Morgan fingerprint density at radius 3 is 2.63 bits per heavy atom. The van der Waals surface area contributed by atoms with Crippen LogP contribution in [-0.4, -0.2) is 71.5 Å². The van der Waals surface area contributed by atoms with E-state index >= 15 is 0 Å². The second kappa shape index (κ2) is 10.3. The SMILES string of the molecule is CN=C(NCCc1cn2cccc(C)c2n1)N1CCN(CC(C)C)CC1.I. The second-order valence-electron chi connectivity index (χ2n) is 7.56. The van der Waals surface area contributed by atoms with Gasteiger partial charge in [0.1, 0.15) is 5.65 Å². The molecular formula is C20H33IN6. The van der Waals surface area contributed by atoms with Gasteiger partial charge in [-0.2, -0.15) is 0 Å². The fourth-order valence-electron chi connectivity index (χ4n) is 3.62. The van der Waals surface area contributed by atoms with Gasteiger partial charge >= 0.3 is 0 Å². The molecule has 1 fully saturated rings. The quantitative estimate of drug-likeness (QED) is 0.403. The summed E-state index contributed by atoms with van der Waals surface area (Å²) < 4.78 is 2.10. The molecule has 1 N–H and O–H groups in total. The van der Waals surface area contributed by atoms with Crippen molar-refractivity contribution in [1.29, 1.82) is 0 Å². The summed E-state index contributed by atoms with van der Waals surface area (Å²) in [5.41, 5.74) is 3.37. The number of nitrogens with zero attached hydrogens (tertiary/aromatic N) is 5. The molecule has 2 aromatic rings. The normalized spacial score (nSPS) is 16.0. The summed E-state index contributed by atoms with van der Waals surface area (Å²) in [5.74, 6) is 1.74. The molecular weight excluding hydrogens is 451 g/mol. The standard InChI is InChI=1S/C20H32N6.HI/c1-16(2)14-24-10-12-25(13-11-24)20(21-4)22-8-7-18-15-26-9-5-6-17(3)19(26)23-18;/h5-6,9,15-16H,7-8,10-14H2,1-4H3,(H,21,22);1H. The number of pyridine rings is 1. The number of aryl methyl sites for hydroxylation is 1. The molecule has 7 heteroatoms. The molecule has 0 radical (unpaired) electrons. The average molecular weight is 484 g/mol. The van der Waals surface area contributed by atoms with Gasteiger partial charge in [-0.3, -0.25) is 9.89 Å². The molecule has 0 aliphatic carbocycles. The molecule has 2 aromatic heterocycles. The van der Waals surface area contributed by atoms with E-state index in [1.54, 1.807) is 0 Å². The smallest absolute Gasteiger partial charge is 0.193 e. The van der Waals surface area contributed by atoms with Crippen LogP contribution in [0.4, 0.5) is 0 Å². The first-order chi connectivity index (χ1) is 12.6. The van der Waals surface area contributed by atoms with E-state index in [1.165, 1.54) is 12.1 Å². The first kappa shape index (κ1) is 21.9. The lowest BCUT2D eigenvalue weighted by atomic mass is 10.2. The number of guanidine groups is 1. The van der Waals surface area contributed by atoms with Crippen LogP contribution in [0.25, 0.3) is 5.65 Å². The van der Waals surface area contributed by atoms with Gasteiger partial charge in [-0.25, -0.2) is 4.98 Å². The van der Waals surface area contributed by atoms with Gasteiger partial charge in [0, 0.05) is 65.1 Å². The zero-order valence-electron chi connectivity index (χ0n) is 17.0. The molecule has 0 unspecified atom stereocenters. The van der Waals surface area contributed by atoms with Crippen molar-refractivity contribution in [3.05, 3.63) is 35.8 Å². The molecule has 1 aliphatic heterocycles. The summed E-state index contributed by atoms with van der Waals surface area (Å²) in [7, 11) is 1.87. The second-order valence-corrected chi connectivity index (χ2v) is 7.56. The number of nitrogens with one attached hydrogen (secondary N) is 1. The number of rotatable bonds is 5. The van der Waals surface area contributed by atoms with Gasteiger partial charge in [-0.15, -0.1) is 24.0 Å². The maximum absolute atomic E-state index is 4.75. The van der Waals surface area contributed by atoms with Crippen LogP contribution in [-0.2, 0) is 6.42 Å². The number of halogens is 1. The molecule has 0 bridgehead atoms. The predicted molar refractivity (Wildman–Crippen MR) is 123 cm³/mol. The Hall–Kier alpha value is -1.35. The lowest BCUT2D eigenvalue weighted by Gasteiger charge is -2.37. The monoisotopic (exact) mass is 484 g/mol. The highest BCUT2D eigenvalue weighted by molar-refractivity contribution is 14.0. The number of aromatic nitrogens is 2. The lowest BCUT2D eigenvalue weighted by molar-refractivity contribution is 0.164. The Labute approximate surface area is 180 Å². The van der Waals surface area contributed by atoms with Gasteiger partial charge in [0.05, 0.1) is 5.69 Å². The van der Waals surface area contributed by atoms with Crippen LogP contribution in [0.2, 0.25) is 0 Å². The van der Waals surface area contributed by atoms with E-state index in [9.17, 15) is 0 Å². The lowest BCUT2D eigenvalue weighted by Crippen LogP contribution is -2.53. The number of piperazine rings is 1. The zero-order chi connectivity index (χ0) is 18.5. The van der Waals surface area contributed by atoms with E-state index in [1.807, 2.05) is 7.05 Å². The largest absolute Gasteiger partial charge is 0.356 e. The van der Waals surface area contributed by atoms with Gasteiger partial charge in [-0.05, 0) is 24.5 Å². The van der Waals surface area contributed by atoms with Crippen LogP contribution < -0.4 is 5.32 Å². The van der Waals surface area contributed by atoms with Crippen LogP contribution in [0.3, 0.4) is 0 Å². The predicted octanol–water partition coefficient (Wildman–Crippen LogP) is 2.65. The first-order valence-corrected chi connectivity index (χ1v) is 9.68. The maximum atomic E-state index is 4.75. The third-order valence-corrected chi connectivity index (χ3v) is 4.90. The first-order valence-electron chi connectivity index (χ1n) is 9.68. The summed E-state index contributed by atoms with van der Waals surface area (Å²) in [6.07, 6.45) is 5.08. The Bertz CT molecular complexity index is 746. The highest BCUT2D eigenvalue weighted by atomic mass is 127. The average Bonchev–Trinajstić information content (AvgIpc) is 3.04. The van der Waals surface area contributed by atoms with Gasteiger partial charge in [0.25, 0.3) is 0 Å². The van der Waals surface area contributed by atoms with Crippen molar-refractivity contribution in [2.45, 2.75) is 27.2 Å². The summed E-state index contributed by atoms with van der Waals surface area (Å²) >= 11 is 0. The van der Waals surface area contributed by atoms with Crippen molar-refractivity contribution in [1.82, 2.24) is 24.5 Å². The van der Waals surface area contributed by atoms with Gasteiger partial charge in [0.2, 0.25) is 0 Å². The molecule has 3 rings (SSSR count). The molecule has 0 spiro atoms. The van der Waals surface area contributed by atoms with Crippen LogP contribution in [0.5, 0.6) is 0 Å². The molecule has 27 heavy (non-hydrogen) atoms. The van der Waals surface area contributed by atoms with Crippen molar-refractivity contribution >= 4 is 35.6 Å². The van der Waals surface area contributed by atoms with E-state index in [4.69, 9.17) is 4.98 Å². The molecule has 150 valence electrons. The summed E-state index contributed by atoms with van der Waals surface area (Å²) in [4.78, 5) is 14.1. The molecule has 1 aliphatic rings. The Morgan fingerprint density at radius 1 is 1.26 bits per heavy atom. The van der Waals surface area contributed by atoms with E-state index in [-0.39, 0.29) is 24.0 Å². The van der Waals surface area contributed by atoms with Crippen molar-refractivity contribution < 1.29 is 0 Å². The highest BCUT2D eigenvalue weighted by Gasteiger charge is 2.19. The van der Waals surface area contributed by atoms with Crippen LogP contribution in [0.15, 0.2) is 29.5 Å². The minimum atomic E-state index is 0. The van der Waals surface area contributed by atoms with E-state index in [0.29, 0.717) is 0 Å². The minimum Gasteiger partial charge on any atom is -0.356 e. The molecule has 0 amide bonds. The highest BCUT2D eigenvalue weighted by Crippen LogP contribution is 2.10. The van der Waals surface area contributed by atoms with E-state index in [0.717, 1.165) is 62.4 Å². The van der Waals surface area contributed by atoms with Crippen LogP contribution >= 0.6 is 24.0 Å². The summed E-state index contributed by atoms with van der Waals surface area (Å²) in [6, 6.07) is 4.16. The van der Waals surface area contributed by atoms with Gasteiger partial charge < -0.3 is 14.6 Å². The molecule has 0 aromatic carbocycles. The van der Waals surface area contributed by atoms with Crippen LogP contribution in [0, 0.1) is 12.8 Å². The number of imidazole rings is 1. The summed E-state index contributed by atoms with van der Waals surface area (Å²) in [6.45, 7) is 13.0. The minimum absolute atomic E-state index is 0. The van der Waals surface area contributed by atoms with Crippen molar-refractivity contribution in [2.24, 2.45) is 10.9 Å².